The molecular formula is C20H20Cl2N2O2S. The largest absolute Gasteiger partial charge is 0.380 e. The smallest absolute Gasteiger partial charge is 0.248 e. The highest BCUT2D eigenvalue weighted by Gasteiger charge is 2.13. The van der Waals surface area contributed by atoms with Crippen LogP contribution in [0.25, 0.3) is 10.2 Å². The van der Waals surface area contributed by atoms with Gasteiger partial charge in [-0.2, -0.15) is 4.99 Å². The van der Waals surface area contributed by atoms with E-state index in [1.807, 2.05) is 47.9 Å². The van der Waals surface area contributed by atoms with Gasteiger partial charge < -0.3 is 9.30 Å². The fraction of sp³-hybridized carbons (Fsp3) is 0.300. The van der Waals surface area contributed by atoms with Crippen LogP contribution < -0.4 is 4.80 Å². The molecule has 0 saturated heterocycles. The Bertz CT molecular complexity index is 996. The van der Waals surface area contributed by atoms with Gasteiger partial charge in [-0.25, -0.2) is 0 Å². The monoisotopic (exact) mass is 422 g/mol. The molecule has 2 aromatic carbocycles. The van der Waals surface area contributed by atoms with Gasteiger partial charge in [-0.3, -0.25) is 4.79 Å². The molecule has 0 unspecified atom stereocenters. The molecule has 1 amide bonds. The van der Waals surface area contributed by atoms with Gasteiger partial charge in [0, 0.05) is 19.6 Å². The number of benzene rings is 2. The molecule has 0 bridgehead atoms. The number of carbonyl (C=O) groups is 1. The molecule has 0 aliphatic heterocycles. The van der Waals surface area contributed by atoms with Gasteiger partial charge >= 0.3 is 0 Å². The predicted molar refractivity (Wildman–Crippen MR) is 112 cm³/mol. The number of aromatic nitrogens is 1. The summed E-state index contributed by atoms with van der Waals surface area (Å²) in [5.74, 6) is -0.155. The lowest BCUT2D eigenvalue weighted by molar-refractivity contribution is -0.118. The van der Waals surface area contributed by atoms with Gasteiger partial charge in [-0.05, 0) is 31.0 Å². The van der Waals surface area contributed by atoms with Crippen molar-refractivity contribution in [3.05, 3.63) is 62.9 Å². The van der Waals surface area contributed by atoms with E-state index in [0.717, 1.165) is 15.8 Å². The Morgan fingerprint density at radius 3 is 2.70 bits per heavy atom. The van der Waals surface area contributed by atoms with E-state index >= 15 is 0 Å². The van der Waals surface area contributed by atoms with Gasteiger partial charge in [0.15, 0.2) is 4.80 Å². The van der Waals surface area contributed by atoms with Crippen LogP contribution in [0.15, 0.2) is 47.5 Å². The minimum atomic E-state index is -0.155. The van der Waals surface area contributed by atoms with Crippen molar-refractivity contribution in [2.24, 2.45) is 4.99 Å². The maximum absolute atomic E-state index is 12.4. The lowest BCUT2D eigenvalue weighted by Crippen LogP contribution is -2.20. The molecule has 0 aliphatic rings. The molecule has 0 atom stereocenters. The molecule has 4 nitrogen and oxygen atoms in total. The van der Waals surface area contributed by atoms with Crippen LogP contribution in [-0.4, -0.2) is 23.7 Å². The highest BCUT2D eigenvalue weighted by atomic mass is 35.5. The van der Waals surface area contributed by atoms with Crippen LogP contribution in [0.2, 0.25) is 10.0 Å². The van der Waals surface area contributed by atoms with E-state index in [1.165, 1.54) is 11.3 Å². The Morgan fingerprint density at radius 2 is 1.96 bits per heavy atom. The zero-order valence-electron chi connectivity index (χ0n) is 15.0. The minimum Gasteiger partial charge on any atom is -0.380 e. The van der Waals surface area contributed by atoms with Crippen LogP contribution in [0.1, 0.15) is 18.9 Å². The molecule has 0 radical (unpaired) electrons. The van der Waals surface area contributed by atoms with Crippen molar-refractivity contribution in [2.45, 2.75) is 26.3 Å². The number of ether oxygens (including phenoxy) is 1. The number of rotatable bonds is 7. The molecule has 1 aromatic heterocycles. The lowest BCUT2D eigenvalue weighted by atomic mass is 10.1. The van der Waals surface area contributed by atoms with E-state index in [-0.39, 0.29) is 5.91 Å². The molecule has 3 aromatic rings. The zero-order valence-corrected chi connectivity index (χ0v) is 17.3. The number of carbonyl (C=O) groups excluding carboxylic acids is 1. The summed E-state index contributed by atoms with van der Waals surface area (Å²) in [6, 6.07) is 13.6. The Hall–Kier alpha value is -1.66. The van der Waals surface area contributed by atoms with E-state index in [2.05, 4.69) is 4.99 Å². The summed E-state index contributed by atoms with van der Waals surface area (Å²) >= 11 is 14.0. The molecule has 0 spiro atoms. The van der Waals surface area contributed by atoms with Crippen molar-refractivity contribution in [3.63, 3.8) is 0 Å². The van der Waals surface area contributed by atoms with Crippen molar-refractivity contribution in [1.82, 2.24) is 4.57 Å². The molecule has 0 fully saturated rings. The summed E-state index contributed by atoms with van der Waals surface area (Å²) in [4.78, 5) is 17.4. The van der Waals surface area contributed by atoms with Gasteiger partial charge in [0.25, 0.3) is 0 Å². The van der Waals surface area contributed by atoms with Crippen molar-refractivity contribution in [2.75, 3.05) is 13.2 Å². The number of fused-ring (bicyclic) bond motifs is 1. The standard InChI is InChI=1S/C20H20Cl2N2O2S/c1-2-26-13-12-24-19-16(10-9-15(21)18(19)22)27-20(24)23-17(25)11-8-14-6-4-3-5-7-14/h3-7,9-10H,2,8,11-13H2,1H3. The number of hydrogen-bond donors (Lipinski definition) is 0. The molecule has 0 N–H and O–H groups in total. The number of thiazole rings is 1. The third kappa shape index (κ3) is 4.99. The summed E-state index contributed by atoms with van der Waals surface area (Å²) in [6.07, 6.45) is 1.03. The molecule has 0 saturated carbocycles. The number of halogens is 2. The molecule has 3 rings (SSSR count). The van der Waals surface area contributed by atoms with E-state index in [0.29, 0.717) is 47.4 Å². The Kier molecular flexibility index (Phi) is 7.07. The minimum absolute atomic E-state index is 0.155. The third-order valence-electron chi connectivity index (χ3n) is 4.09. The van der Waals surface area contributed by atoms with E-state index in [4.69, 9.17) is 27.9 Å². The van der Waals surface area contributed by atoms with Crippen LogP contribution >= 0.6 is 34.5 Å². The maximum Gasteiger partial charge on any atom is 0.248 e. The summed E-state index contributed by atoms with van der Waals surface area (Å²) in [7, 11) is 0. The van der Waals surface area contributed by atoms with Gasteiger partial charge in [-0.15, -0.1) is 0 Å². The Morgan fingerprint density at radius 1 is 1.19 bits per heavy atom. The van der Waals surface area contributed by atoms with E-state index < -0.39 is 0 Å². The van der Waals surface area contributed by atoms with Gasteiger partial charge in [0.05, 0.1) is 26.9 Å². The lowest BCUT2D eigenvalue weighted by Gasteiger charge is -2.07. The quantitative estimate of drug-likeness (QED) is 0.496. The van der Waals surface area contributed by atoms with Crippen molar-refractivity contribution in [1.29, 1.82) is 0 Å². The molecule has 0 aliphatic carbocycles. The van der Waals surface area contributed by atoms with Crippen LogP contribution in [-0.2, 0) is 22.5 Å². The second-order valence-corrected chi connectivity index (χ2v) is 7.73. The molecular weight excluding hydrogens is 403 g/mol. The number of nitrogens with zero attached hydrogens (tertiary/aromatic N) is 2. The molecule has 7 heteroatoms. The van der Waals surface area contributed by atoms with Crippen molar-refractivity contribution in [3.8, 4) is 0 Å². The van der Waals surface area contributed by atoms with Gasteiger partial charge in [0.2, 0.25) is 5.91 Å². The third-order valence-corrected chi connectivity index (χ3v) is 5.93. The highest BCUT2D eigenvalue weighted by Crippen LogP contribution is 2.32. The number of amides is 1. The van der Waals surface area contributed by atoms with Crippen molar-refractivity contribution < 1.29 is 9.53 Å². The summed E-state index contributed by atoms with van der Waals surface area (Å²) < 4.78 is 8.33. The zero-order chi connectivity index (χ0) is 19.2. The van der Waals surface area contributed by atoms with Gasteiger partial charge in [0.1, 0.15) is 0 Å². The first-order chi connectivity index (χ1) is 13.1. The van der Waals surface area contributed by atoms with Crippen LogP contribution in [0.4, 0.5) is 0 Å². The molecule has 1 heterocycles. The number of hydrogen-bond acceptors (Lipinski definition) is 3. The fourth-order valence-corrected chi connectivity index (χ4v) is 4.31. The second-order valence-electron chi connectivity index (χ2n) is 5.93. The van der Waals surface area contributed by atoms with E-state index in [1.54, 1.807) is 6.07 Å². The average molecular weight is 423 g/mol. The summed E-state index contributed by atoms with van der Waals surface area (Å²) in [5.41, 5.74) is 1.92. The topological polar surface area (TPSA) is 43.6 Å². The highest BCUT2D eigenvalue weighted by molar-refractivity contribution is 7.16. The van der Waals surface area contributed by atoms with Gasteiger partial charge in [-0.1, -0.05) is 64.9 Å². The second kappa shape index (κ2) is 9.51. The fourth-order valence-electron chi connectivity index (χ4n) is 2.75. The van der Waals surface area contributed by atoms with Crippen LogP contribution in [0.5, 0.6) is 0 Å². The number of aryl methyl sites for hydroxylation is 1. The summed E-state index contributed by atoms with van der Waals surface area (Å²) in [5, 5.41) is 0.953. The van der Waals surface area contributed by atoms with Crippen LogP contribution in [0, 0.1) is 0 Å². The maximum atomic E-state index is 12.4. The first-order valence-corrected chi connectivity index (χ1v) is 10.3. The Labute approximate surface area is 172 Å². The Balaban J connectivity index is 1.91. The first-order valence-electron chi connectivity index (χ1n) is 8.76. The first kappa shape index (κ1) is 20.1. The van der Waals surface area contributed by atoms with E-state index in [9.17, 15) is 4.79 Å². The molecule has 27 heavy (non-hydrogen) atoms. The predicted octanol–water partition coefficient (Wildman–Crippen LogP) is 5.11. The van der Waals surface area contributed by atoms with Crippen molar-refractivity contribution >= 4 is 50.7 Å². The summed E-state index contributed by atoms with van der Waals surface area (Å²) in [6.45, 7) is 3.63. The SMILES string of the molecule is CCOCCn1c(=NC(=O)CCc2ccccc2)sc2ccc(Cl)c(Cl)c21. The average Bonchev–Trinajstić information content (AvgIpc) is 3.02. The van der Waals surface area contributed by atoms with Crippen LogP contribution in [0.3, 0.4) is 0 Å². The normalized spacial score (nSPS) is 12.0. The molecule has 142 valence electrons.